The molecule has 0 aliphatic carbocycles. The first-order valence-corrected chi connectivity index (χ1v) is 14.6. The second-order valence-corrected chi connectivity index (χ2v) is 10.9. The van der Waals surface area contributed by atoms with Gasteiger partial charge in [-0.05, 0) is 68.8 Å². The third-order valence-corrected chi connectivity index (χ3v) is 7.98. The summed E-state index contributed by atoms with van der Waals surface area (Å²) in [5.74, 6) is -1.61. The van der Waals surface area contributed by atoms with Crippen LogP contribution >= 0.6 is 23.2 Å². The first-order valence-electron chi connectivity index (χ1n) is 13.8. The maximum absolute atomic E-state index is 15.2. The molecule has 1 amide bonds. The number of anilines is 1. The van der Waals surface area contributed by atoms with Crippen molar-refractivity contribution in [1.82, 2.24) is 4.90 Å². The van der Waals surface area contributed by atoms with Crippen LogP contribution in [-0.2, 0) is 10.5 Å². The number of piperazine rings is 1. The van der Waals surface area contributed by atoms with Crippen molar-refractivity contribution in [1.29, 1.82) is 0 Å². The molecule has 228 valence electrons. The van der Waals surface area contributed by atoms with Crippen LogP contribution in [0.15, 0.2) is 78.6 Å². The van der Waals surface area contributed by atoms with E-state index >= 15 is 4.39 Å². The molecule has 0 saturated carbocycles. The quantitative estimate of drug-likeness (QED) is 0.202. The highest BCUT2D eigenvalue weighted by molar-refractivity contribution is 6.35. The van der Waals surface area contributed by atoms with Crippen molar-refractivity contribution in [2.45, 2.75) is 33.0 Å². The minimum atomic E-state index is -1.48. The fourth-order valence-corrected chi connectivity index (χ4v) is 5.26. The number of hydrogen-bond acceptors (Lipinski definition) is 5. The van der Waals surface area contributed by atoms with Crippen molar-refractivity contribution in [3.8, 4) is 11.5 Å². The smallest absolute Gasteiger partial charge is 0.302 e. The lowest BCUT2D eigenvalue weighted by Gasteiger charge is -2.36. The van der Waals surface area contributed by atoms with Gasteiger partial charge in [-0.1, -0.05) is 42.8 Å². The van der Waals surface area contributed by atoms with Gasteiger partial charge in [-0.15, -0.1) is 0 Å². The molecule has 2 heterocycles. The van der Waals surface area contributed by atoms with E-state index in [1.54, 1.807) is 42.3 Å². The molecule has 5 rings (SSSR count). The molecule has 6 nitrogen and oxygen atoms in total. The molecule has 2 aliphatic rings. The molecule has 0 bridgehead atoms. The Morgan fingerprint density at radius 3 is 2.19 bits per heavy atom. The maximum Gasteiger partial charge on any atom is 0.302 e. The third kappa shape index (κ3) is 6.92. The van der Waals surface area contributed by atoms with Gasteiger partial charge in [0.25, 0.3) is 5.91 Å². The molecule has 1 atom stereocenters. The number of methoxy groups -OCH3 is 1. The maximum atomic E-state index is 15.2. The summed E-state index contributed by atoms with van der Waals surface area (Å²) in [7, 11) is 1.66. The lowest BCUT2D eigenvalue weighted by atomic mass is 9.96. The zero-order chi connectivity index (χ0) is 31.3. The second kappa shape index (κ2) is 13.7. The van der Waals surface area contributed by atoms with E-state index in [9.17, 15) is 9.18 Å². The van der Waals surface area contributed by atoms with Gasteiger partial charge in [-0.25, -0.2) is 8.78 Å². The average Bonchev–Trinajstić information content (AvgIpc) is 3.39. The number of hydrogen-bond donors (Lipinski definition) is 0. The van der Waals surface area contributed by atoms with Crippen molar-refractivity contribution >= 4 is 34.8 Å². The molecule has 0 N–H and O–H groups in total. The molecule has 3 aromatic carbocycles. The standard InChI is InChI=1S/C28H24Cl2F2N2O3.C5H10O/c1-3-17(2)28(22-9-4-18(29)14-23(22)30)36-25-15-21(24(32)16-26(25)37-28)27(35)34-12-10-33(11-13-34)20-7-5-19(31)6-8-20;1-4-5(2)6-3/h4-9,14-16H,2-3,10-13H2,1H3;4H,1-3H3/b;5-4+. The molecule has 1 unspecified atom stereocenters. The molecule has 10 heteroatoms. The van der Waals surface area contributed by atoms with Gasteiger partial charge in [-0.2, -0.15) is 0 Å². The summed E-state index contributed by atoms with van der Waals surface area (Å²) in [5.41, 5.74) is 1.80. The number of ether oxygens (including phenoxy) is 3. The normalized spacial score (nSPS) is 17.7. The monoisotopic (exact) mass is 630 g/mol. The lowest BCUT2D eigenvalue weighted by Crippen LogP contribution is -2.49. The van der Waals surface area contributed by atoms with Gasteiger partial charge in [-0.3, -0.25) is 4.79 Å². The highest BCUT2D eigenvalue weighted by Crippen LogP contribution is 2.50. The minimum Gasteiger partial charge on any atom is -0.502 e. The summed E-state index contributed by atoms with van der Waals surface area (Å²) in [6, 6.07) is 13.6. The van der Waals surface area contributed by atoms with Gasteiger partial charge in [0.1, 0.15) is 11.6 Å². The van der Waals surface area contributed by atoms with Gasteiger partial charge >= 0.3 is 5.79 Å². The Kier molecular flexibility index (Phi) is 10.2. The molecule has 0 spiro atoms. The van der Waals surface area contributed by atoms with Crippen LogP contribution < -0.4 is 14.4 Å². The van der Waals surface area contributed by atoms with E-state index in [0.717, 1.165) is 17.5 Å². The molecule has 1 saturated heterocycles. The lowest BCUT2D eigenvalue weighted by molar-refractivity contribution is -0.0517. The van der Waals surface area contributed by atoms with Gasteiger partial charge in [0.15, 0.2) is 11.5 Å². The van der Waals surface area contributed by atoms with E-state index in [4.69, 9.17) is 37.4 Å². The highest BCUT2D eigenvalue weighted by Gasteiger charge is 2.47. The predicted octanol–water partition coefficient (Wildman–Crippen LogP) is 8.38. The SMILES string of the molecule is C/C=C(\C)OC.C=C(CC)C1(c2ccc(Cl)cc2Cl)Oc2cc(F)c(C(=O)N3CCN(c4ccc(F)cc4)CC3)cc2O1. The summed E-state index contributed by atoms with van der Waals surface area (Å²) in [4.78, 5) is 16.9. The van der Waals surface area contributed by atoms with Crippen molar-refractivity contribution < 1.29 is 27.8 Å². The molecule has 0 aromatic heterocycles. The van der Waals surface area contributed by atoms with Crippen molar-refractivity contribution in [3.63, 3.8) is 0 Å². The number of fused-ring (bicyclic) bond motifs is 1. The number of rotatable bonds is 6. The predicted molar refractivity (Wildman–Crippen MR) is 166 cm³/mol. The van der Waals surface area contributed by atoms with E-state index in [1.165, 1.54) is 18.2 Å². The van der Waals surface area contributed by atoms with Crippen LogP contribution in [0.3, 0.4) is 0 Å². The Morgan fingerprint density at radius 2 is 1.65 bits per heavy atom. The van der Waals surface area contributed by atoms with Crippen molar-refractivity contribution in [2.24, 2.45) is 0 Å². The van der Waals surface area contributed by atoms with Crippen LogP contribution in [0.25, 0.3) is 0 Å². The van der Waals surface area contributed by atoms with Crippen LogP contribution in [0, 0.1) is 11.6 Å². The Labute approximate surface area is 261 Å². The Bertz CT molecular complexity index is 1520. The van der Waals surface area contributed by atoms with Crippen LogP contribution in [-0.4, -0.2) is 44.1 Å². The first kappa shape index (κ1) is 32.2. The van der Waals surface area contributed by atoms with Crippen molar-refractivity contribution in [3.05, 3.63) is 111 Å². The molecular formula is C33H34Cl2F2N2O4. The van der Waals surface area contributed by atoms with E-state index < -0.39 is 17.5 Å². The van der Waals surface area contributed by atoms with Gasteiger partial charge in [0.05, 0.1) is 29.0 Å². The van der Waals surface area contributed by atoms with Crippen LogP contribution in [0.5, 0.6) is 11.5 Å². The zero-order valence-electron chi connectivity index (χ0n) is 24.6. The summed E-state index contributed by atoms with van der Waals surface area (Å²) in [6.45, 7) is 11.7. The number of nitrogens with zero attached hydrogens (tertiary/aromatic N) is 2. The summed E-state index contributed by atoms with van der Waals surface area (Å²) >= 11 is 12.6. The number of benzene rings is 3. The van der Waals surface area contributed by atoms with E-state index in [1.807, 2.05) is 26.8 Å². The molecule has 43 heavy (non-hydrogen) atoms. The number of carbonyl (C=O) groups is 1. The molecular weight excluding hydrogens is 597 g/mol. The summed E-state index contributed by atoms with van der Waals surface area (Å²) in [5, 5.41) is 0.755. The number of amides is 1. The second-order valence-electron chi connectivity index (χ2n) is 10.0. The van der Waals surface area contributed by atoms with Crippen molar-refractivity contribution in [2.75, 3.05) is 38.2 Å². The number of carbonyl (C=O) groups excluding carboxylic acids is 1. The first-order chi connectivity index (χ1) is 20.5. The number of halogens is 4. The zero-order valence-corrected chi connectivity index (χ0v) is 26.1. The van der Waals surface area contributed by atoms with Gasteiger partial charge in [0.2, 0.25) is 0 Å². The molecule has 0 radical (unpaired) electrons. The van der Waals surface area contributed by atoms with Gasteiger partial charge in [0, 0.05) is 48.5 Å². The molecule has 3 aromatic rings. The van der Waals surface area contributed by atoms with Crippen LogP contribution in [0.2, 0.25) is 10.0 Å². The van der Waals surface area contributed by atoms with Gasteiger partial charge < -0.3 is 24.0 Å². The third-order valence-electron chi connectivity index (χ3n) is 7.44. The van der Waals surface area contributed by atoms with Crippen LogP contribution in [0.4, 0.5) is 14.5 Å². The van der Waals surface area contributed by atoms with E-state index in [2.05, 4.69) is 11.5 Å². The minimum absolute atomic E-state index is 0.113. The largest absolute Gasteiger partial charge is 0.502 e. The fourth-order valence-electron chi connectivity index (χ4n) is 4.73. The highest BCUT2D eigenvalue weighted by atomic mass is 35.5. The van der Waals surface area contributed by atoms with Crippen LogP contribution in [0.1, 0.15) is 43.1 Å². The molecule has 1 fully saturated rings. The molecule has 2 aliphatic heterocycles. The van der Waals surface area contributed by atoms with E-state index in [0.29, 0.717) is 53.8 Å². The Balaban J connectivity index is 0.000000641. The summed E-state index contributed by atoms with van der Waals surface area (Å²) in [6.07, 6.45) is 2.42. The Hall–Kier alpha value is -3.75. The van der Waals surface area contributed by atoms with E-state index in [-0.39, 0.29) is 22.9 Å². The summed E-state index contributed by atoms with van der Waals surface area (Å²) < 4.78 is 45.6. The topological polar surface area (TPSA) is 51.2 Å². The Morgan fingerprint density at radius 1 is 1.02 bits per heavy atom. The number of allylic oxidation sites excluding steroid dienone is 2. The fraction of sp³-hybridized carbons (Fsp3) is 0.303. The average molecular weight is 632 g/mol.